The molecule has 2 aromatic rings. The first kappa shape index (κ1) is 20.2. The first-order valence-electron chi connectivity index (χ1n) is 8.11. The molecule has 1 saturated heterocycles. The first-order chi connectivity index (χ1) is 12.7. The van der Waals surface area contributed by atoms with Gasteiger partial charge < -0.3 is 10.2 Å². The summed E-state index contributed by atoms with van der Waals surface area (Å²) in [6.07, 6.45) is -0.533. The molecule has 0 spiro atoms. The lowest BCUT2D eigenvalue weighted by molar-refractivity contribution is -0.0327. The van der Waals surface area contributed by atoms with Crippen LogP contribution in [0.2, 0.25) is 0 Å². The average Bonchev–Trinajstić information content (AvgIpc) is 2.94. The summed E-state index contributed by atoms with van der Waals surface area (Å²) in [6, 6.07) is 4.33. The third-order valence-electron chi connectivity index (χ3n) is 4.31. The Hall–Kier alpha value is -1.56. The van der Waals surface area contributed by atoms with Crippen molar-refractivity contribution in [3.05, 3.63) is 23.1 Å². The predicted octanol–water partition coefficient (Wildman–Crippen LogP) is 3.57. The third kappa shape index (κ3) is 4.48. The van der Waals surface area contributed by atoms with Crippen LogP contribution >= 0.6 is 23.1 Å². The van der Waals surface area contributed by atoms with E-state index in [0.29, 0.717) is 23.4 Å². The van der Waals surface area contributed by atoms with E-state index in [4.69, 9.17) is 5.84 Å². The van der Waals surface area contributed by atoms with Gasteiger partial charge >= 0.3 is 5.51 Å². The number of piperidine rings is 1. The smallest absolute Gasteiger partial charge is 0.378 e. The fraction of sp³-hybridized carbons (Fsp3) is 0.438. The van der Waals surface area contributed by atoms with Crippen LogP contribution in [0.25, 0.3) is 10.1 Å². The minimum absolute atomic E-state index is 0.121. The minimum Gasteiger partial charge on any atom is -0.378 e. The number of thioether (sulfide) groups is 1. The molecule has 5 nitrogen and oxygen atoms in total. The highest BCUT2D eigenvalue weighted by molar-refractivity contribution is 8.00. The van der Waals surface area contributed by atoms with E-state index < -0.39 is 23.6 Å². The van der Waals surface area contributed by atoms with Crippen molar-refractivity contribution in [2.45, 2.75) is 29.0 Å². The highest BCUT2D eigenvalue weighted by atomic mass is 32.2. The molecule has 2 heterocycles. The van der Waals surface area contributed by atoms with E-state index in [1.54, 1.807) is 12.1 Å². The minimum atomic E-state index is -4.56. The van der Waals surface area contributed by atoms with Crippen molar-refractivity contribution in [2.24, 2.45) is 5.84 Å². The topological polar surface area (TPSA) is 70.4 Å². The Morgan fingerprint density at radius 1 is 1.41 bits per heavy atom. The van der Waals surface area contributed by atoms with Crippen LogP contribution in [0.4, 0.5) is 23.2 Å². The molecule has 11 heteroatoms. The van der Waals surface area contributed by atoms with Crippen LogP contribution in [-0.2, 0) is 0 Å². The molecule has 1 fully saturated rings. The molecule has 4 N–H and O–H groups in total. The molecule has 2 atom stereocenters. The van der Waals surface area contributed by atoms with E-state index in [1.165, 1.54) is 6.07 Å². The van der Waals surface area contributed by atoms with Gasteiger partial charge in [0.15, 0.2) is 0 Å². The summed E-state index contributed by atoms with van der Waals surface area (Å²) < 4.78 is 53.8. The van der Waals surface area contributed by atoms with Gasteiger partial charge in [-0.2, -0.15) is 13.2 Å². The summed E-state index contributed by atoms with van der Waals surface area (Å²) in [5.74, 6) is 4.33. The molecule has 0 saturated carbocycles. The molecule has 3 rings (SSSR count). The number of carbonyl (C=O) groups excluding carboxylic acids is 1. The number of benzene rings is 1. The largest absolute Gasteiger partial charge is 0.446 e. The maximum absolute atomic E-state index is 14.3. The van der Waals surface area contributed by atoms with E-state index in [-0.39, 0.29) is 33.5 Å². The molecule has 1 aromatic carbocycles. The number of nitrogens with zero attached hydrogens (tertiary/aromatic N) is 1. The van der Waals surface area contributed by atoms with Gasteiger partial charge in [-0.15, -0.1) is 11.3 Å². The van der Waals surface area contributed by atoms with Crippen LogP contribution in [0.1, 0.15) is 16.1 Å². The van der Waals surface area contributed by atoms with E-state index in [1.807, 2.05) is 17.4 Å². The summed E-state index contributed by atoms with van der Waals surface area (Å²) in [4.78, 5) is 13.6. The van der Waals surface area contributed by atoms with Gasteiger partial charge in [0.2, 0.25) is 0 Å². The number of anilines is 1. The van der Waals surface area contributed by atoms with E-state index in [2.05, 4.69) is 5.32 Å². The SMILES string of the molecule is CN1CC[C@@H](Nc2cccc3c(SC(F)(F)F)c(C(=O)NN)sc23)[C@@H](F)C1. The maximum atomic E-state index is 14.3. The van der Waals surface area contributed by atoms with Gasteiger partial charge in [0.25, 0.3) is 5.91 Å². The molecule has 148 valence electrons. The molecule has 1 aromatic heterocycles. The number of alkyl halides is 4. The molecule has 0 radical (unpaired) electrons. The Bertz CT molecular complexity index is 842. The van der Waals surface area contributed by atoms with Gasteiger partial charge in [0.1, 0.15) is 11.0 Å². The van der Waals surface area contributed by atoms with Gasteiger partial charge in [0.05, 0.1) is 16.4 Å². The van der Waals surface area contributed by atoms with E-state index >= 15 is 0 Å². The lowest BCUT2D eigenvalue weighted by Crippen LogP contribution is -2.46. The molecular formula is C16H18F4N4OS2. The number of nitrogen functional groups attached to an aromatic ring is 1. The number of thiophene rings is 1. The Labute approximate surface area is 161 Å². The number of fused-ring (bicyclic) bond motifs is 1. The number of hydrazine groups is 1. The van der Waals surface area contributed by atoms with Gasteiger partial charge in [0, 0.05) is 23.4 Å². The van der Waals surface area contributed by atoms with Gasteiger partial charge in [-0.25, -0.2) is 10.2 Å². The fourth-order valence-electron chi connectivity index (χ4n) is 3.06. The number of hydrogen-bond acceptors (Lipinski definition) is 6. The fourth-order valence-corrected chi connectivity index (χ4v) is 5.15. The molecule has 0 unspecified atom stereocenters. The number of carbonyl (C=O) groups is 1. The number of rotatable bonds is 4. The predicted molar refractivity (Wildman–Crippen MR) is 99.8 cm³/mol. The molecule has 1 amide bonds. The maximum Gasteiger partial charge on any atom is 0.446 e. The van der Waals surface area contributed by atoms with Crippen molar-refractivity contribution in [3.63, 3.8) is 0 Å². The van der Waals surface area contributed by atoms with Gasteiger partial charge in [-0.3, -0.25) is 10.2 Å². The first-order valence-corrected chi connectivity index (χ1v) is 9.74. The van der Waals surface area contributed by atoms with Gasteiger partial charge in [-0.05, 0) is 31.3 Å². The number of nitrogens with two attached hydrogens (primary N) is 1. The zero-order valence-corrected chi connectivity index (χ0v) is 15.9. The molecule has 0 bridgehead atoms. The van der Waals surface area contributed by atoms with Crippen LogP contribution in [0.3, 0.4) is 0 Å². The van der Waals surface area contributed by atoms with Crippen LogP contribution in [0, 0.1) is 0 Å². The number of hydrogen-bond donors (Lipinski definition) is 3. The highest BCUT2D eigenvalue weighted by Gasteiger charge is 2.34. The molecular weight excluding hydrogens is 404 g/mol. The van der Waals surface area contributed by atoms with Crippen molar-refractivity contribution < 1.29 is 22.4 Å². The zero-order chi connectivity index (χ0) is 19.8. The number of amides is 1. The quantitative estimate of drug-likeness (QED) is 0.231. The number of halogens is 4. The van der Waals surface area contributed by atoms with Crippen molar-refractivity contribution >= 4 is 44.8 Å². The van der Waals surface area contributed by atoms with Crippen molar-refractivity contribution in [1.82, 2.24) is 10.3 Å². The standard InChI is InChI=1S/C16H18F4N4OS2/c1-24-6-5-10(9(17)7-24)22-11-4-2-3-8-12(11)26-14(15(25)23-21)13(8)27-16(18,19)20/h2-4,9-10,22H,5-7,21H2,1H3,(H,23,25)/t9-,10+/m0/s1. The number of likely N-dealkylation sites (tertiary alicyclic amines) is 1. The monoisotopic (exact) mass is 422 g/mol. The molecule has 1 aliphatic heterocycles. The highest BCUT2D eigenvalue weighted by Crippen LogP contribution is 2.47. The Morgan fingerprint density at radius 2 is 2.15 bits per heavy atom. The zero-order valence-electron chi connectivity index (χ0n) is 14.3. The van der Waals surface area contributed by atoms with Crippen LogP contribution in [-0.4, -0.2) is 48.7 Å². The summed E-state index contributed by atoms with van der Waals surface area (Å²) >= 11 is 0.554. The van der Waals surface area contributed by atoms with Crippen LogP contribution in [0.5, 0.6) is 0 Å². The summed E-state index contributed by atoms with van der Waals surface area (Å²) in [5, 5.41) is 3.40. The van der Waals surface area contributed by atoms with E-state index in [9.17, 15) is 22.4 Å². The Morgan fingerprint density at radius 3 is 2.78 bits per heavy atom. The van der Waals surface area contributed by atoms with Crippen molar-refractivity contribution in [3.8, 4) is 0 Å². The molecule has 27 heavy (non-hydrogen) atoms. The normalized spacial score (nSPS) is 21.4. The van der Waals surface area contributed by atoms with Crippen molar-refractivity contribution in [2.75, 3.05) is 25.5 Å². The lowest BCUT2D eigenvalue weighted by atomic mass is 10.0. The van der Waals surface area contributed by atoms with Gasteiger partial charge in [-0.1, -0.05) is 12.1 Å². The summed E-state index contributed by atoms with van der Waals surface area (Å²) in [6.45, 7) is 1.00. The second-order valence-corrected chi connectivity index (χ2v) is 8.38. The number of nitrogens with one attached hydrogen (secondary N) is 2. The lowest BCUT2D eigenvalue weighted by Gasteiger charge is -2.33. The Kier molecular flexibility index (Phi) is 5.84. The van der Waals surface area contributed by atoms with Crippen LogP contribution in [0.15, 0.2) is 23.1 Å². The van der Waals surface area contributed by atoms with Crippen molar-refractivity contribution in [1.29, 1.82) is 0 Å². The average molecular weight is 422 g/mol. The Balaban J connectivity index is 2.01. The second-order valence-electron chi connectivity index (χ2n) is 6.28. The summed E-state index contributed by atoms with van der Waals surface area (Å²) in [5.41, 5.74) is -2.16. The second kappa shape index (κ2) is 7.82. The molecule has 1 aliphatic rings. The van der Waals surface area contributed by atoms with E-state index in [0.717, 1.165) is 11.3 Å². The summed E-state index contributed by atoms with van der Waals surface area (Å²) in [7, 11) is 1.83. The third-order valence-corrected chi connectivity index (χ3v) is 6.54. The van der Waals surface area contributed by atoms with Crippen LogP contribution < -0.4 is 16.6 Å². The molecule has 0 aliphatic carbocycles.